The fourth-order valence-corrected chi connectivity index (χ4v) is 1.82. The van der Waals surface area contributed by atoms with Crippen LogP contribution in [-0.4, -0.2) is 9.55 Å². The van der Waals surface area contributed by atoms with Crippen LogP contribution in [0.4, 0.5) is 0 Å². The van der Waals surface area contributed by atoms with Crippen molar-refractivity contribution in [1.29, 1.82) is 0 Å². The molecule has 0 saturated heterocycles. The summed E-state index contributed by atoms with van der Waals surface area (Å²) in [6.07, 6.45) is 1.85. The quantitative estimate of drug-likeness (QED) is 0.599. The molecule has 2 aromatic carbocycles. The molecule has 1 aromatic heterocycles. The van der Waals surface area contributed by atoms with Crippen molar-refractivity contribution in [2.24, 2.45) is 0 Å². The van der Waals surface area contributed by atoms with Crippen molar-refractivity contribution < 1.29 is 0 Å². The minimum atomic E-state index is 1.02. The van der Waals surface area contributed by atoms with Crippen LogP contribution in [0.25, 0.3) is 16.7 Å². The van der Waals surface area contributed by atoms with Crippen LogP contribution in [0.3, 0.4) is 0 Å². The third kappa shape index (κ3) is 1.39. The molecule has 0 N–H and O–H groups in total. The molecule has 77 valence electrons. The average Bonchev–Trinajstić information content (AvgIpc) is 2.74. The van der Waals surface area contributed by atoms with E-state index in [-0.39, 0.29) is 0 Å². The van der Waals surface area contributed by atoms with Crippen molar-refractivity contribution in [2.75, 3.05) is 0 Å². The van der Waals surface area contributed by atoms with E-state index in [1.54, 1.807) is 0 Å². The molecule has 0 aliphatic heterocycles. The Morgan fingerprint density at radius 3 is 2.50 bits per heavy atom. The predicted octanol–water partition coefficient (Wildman–Crippen LogP) is 3.21. The highest BCUT2D eigenvalue weighted by Gasteiger charge is 2.02. The summed E-state index contributed by atoms with van der Waals surface area (Å²) in [5, 5.41) is 0. The Labute approximate surface area is 94.2 Å². The van der Waals surface area contributed by atoms with E-state index in [0.717, 1.165) is 22.3 Å². The Balaban J connectivity index is 2.22. The number of rotatable bonds is 1. The van der Waals surface area contributed by atoms with E-state index < -0.39 is 0 Å². The second-order valence-electron chi connectivity index (χ2n) is 3.77. The lowest BCUT2D eigenvalue weighted by molar-refractivity contribution is 1.09. The maximum atomic E-state index is 4.36. The summed E-state index contributed by atoms with van der Waals surface area (Å²) in [5.74, 6) is 0. The van der Waals surface area contributed by atoms with E-state index in [9.17, 15) is 0 Å². The van der Waals surface area contributed by atoms with Gasteiger partial charge in [0.1, 0.15) is 6.33 Å². The summed E-state index contributed by atoms with van der Waals surface area (Å²) in [6.45, 7) is 3.88. The van der Waals surface area contributed by atoms with Gasteiger partial charge in [-0.3, -0.25) is 4.57 Å². The van der Waals surface area contributed by atoms with E-state index in [0.29, 0.717) is 0 Å². The molecule has 0 fully saturated rings. The zero-order valence-corrected chi connectivity index (χ0v) is 8.80. The number of para-hydroxylation sites is 2. The summed E-state index contributed by atoms with van der Waals surface area (Å²) in [7, 11) is 0. The van der Waals surface area contributed by atoms with Gasteiger partial charge in [0.25, 0.3) is 0 Å². The zero-order valence-electron chi connectivity index (χ0n) is 8.80. The van der Waals surface area contributed by atoms with E-state index in [1.807, 2.05) is 36.7 Å². The number of fused-ring (bicyclic) bond motifs is 1. The lowest BCUT2D eigenvalue weighted by atomic mass is 10.2. The molecule has 0 aliphatic rings. The van der Waals surface area contributed by atoms with Gasteiger partial charge in [-0.25, -0.2) is 4.98 Å². The second kappa shape index (κ2) is 3.49. The van der Waals surface area contributed by atoms with Gasteiger partial charge in [0.2, 0.25) is 0 Å². The number of aromatic nitrogens is 2. The number of imidazole rings is 1. The van der Waals surface area contributed by atoms with Gasteiger partial charge in [-0.15, -0.1) is 0 Å². The first-order valence-electron chi connectivity index (χ1n) is 5.19. The van der Waals surface area contributed by atoms with Crippen LogP contribution in [0.5, 0.6) is 0 Å². The molecule has 1 radical (unpaired) electrons. The minimum absolute atomic E-state index is 1.02. The molecule has 0 saturated carbocycles. The van der Waals surface area contributed by atoms with E-state index in [4.69, 9.17) is 0 Å². The van der Waals surface area contributed by atoms with Gasteiger partial charge < -0.3 is 0 Å². The van der Waals surface area contributed by atoms with Crippen LogP contribution in [0.2, 0.25) is 0 Å². The molecule has 16 heavy (non-hydrogen) atoms. The minimum Gasteiger partial charge on any atom is -0.299 e. The second-order valence-corrected chi connectivity index (χ2v) is 3.77. The highest BCUT2D eigenvalue weighted by molar-refractivity contribution is 5.77. The Kier molecular flexibility index (Phi) is 2.00. The molecule has 3 rings (SSSR count). The Morgan fingerprint density at radius 1 is 0.938 bits per heavy atom. The Hall–Kier alpha value is -2.09. The van der Waals surface area contributed by atoms with Crippen molar-refractivity contribution in [3.63, 3.8) is 0 Å². The van der Waals surface area contributed by atoms with Crippen molar-refractivity contribution in [1.82, 2.24) is 9.55 Å². The Bertz CT molecular complexity index is 621. The van der Waals surface area contributed by atoms with Crippen molar-refractivity contribution in [2.45, 2.75) is 0 Å². The van der Waals surface area contributed by atoms with Crippen molar-refractivity contribution in [3.05, 3.63) is 67.3 Å². The number of hydrogen-bond acceptors (Lipinski definition) is 1. The number of nitrogens with zero attached hydrogens (tertiary/aromatic N) is 2. The summed E-state index contributed by atoms with van der Waals surface area (Å²) in [6, 6.07) is 16.2. The molecular weight excluding hydrogens is 196 g/mol. The maximum Gasteiger partial charge on any atom is 0.100 e. The van der Waals surface area contributed by atoms with Gasteiger partial charge in [-0.1, -0.05) is 24.3 Å². The smallest absolute Gasteiger partial charge is 0.100 e. The molecule has 0 amide bonds. The standard InChI is InChI=1S/C14H11N2/c1-11-6-8-12(9-7-11)16-10-15-13-4-2-3-5-14(13)16/h2-10H,1H2. The molecule has 2 nitrogen and oxygen atoms in total. The SMILES string of the molecule is [CH2]c1ccc(-n2cnc3ccccc32)cc1. The molecular formula is C14H11N2. The van der Waals surface area contributed by atoms with Gasteiger partial charge in [0.05, 0.1) is 11.0 Å². The first-order chi connectivity index (χ1) is 7.84. The van der Waals surface area contributed by atoms with Gasteiger partial charge in [0.15, 0.2) is 0 Å². The van der Waals surface area contributed by atoms with Crippen LogP contribution >= 0.6 is 0 Å². The number of hydrogen-bond donors (Lipinski definition) is 0. The zero-order chi connectivity index (χ0) is 11.0. The summed E-state index contributed by atoms with van der Waals surface area (Å²) < 4.78 is 2.08. The first-order valence-corrected chi connectivity index (χ1v) is 5.19. The normalized spacial score (nSPS) is 10.8. The van der Waals surface area contributed by atoms with Gasteiger partial charge in [-0.05, 0) is 36.8 Å². The van der Waals surface area contributed by atoms with Crippen LogP contribution in [-0.2, 0) is 0 Å². The average molecular weight is 207 g/mol. The summed E-state index contributed by atoms with van der Waals surface area (Å²) in [4.78, 5) is 4.36. The predicted molar refractivity (Wildman–Crippen MR) is 65.5 cm³/mol. The third-order valence-electron chi connectivity index (χ3n) is 2.67. The fraction of sp³-hybridized carbons (Fsp3) is 0. The van der Waals surface area contributed by atoms with Gasteiger partial charge in [-0.2, -0.15) is 0 Å². The van der Waals surface area contributed by atoms with E-state index >= 15 is 0 Å². The van der Waals surface area contributed by atoms with Gasteiger partial charge in [0, 0.05) is 5.69 Å². The highest BCUT2D eigenvalue weighted by Crippen LogP contribution is 2.17. The van der Waals surface area contributed by atoms with E-state index in [2.05, 4.69) is 34.7 Å². The lowest BCUT2D eigenvalue weighted by Crippen LogP contribution is -1.91. The fourth-order valence-electron chi connectivity index (χ4n) is 1.82. The molecule has 0 atom stereocenters. The third-order valence-corrected chi connectivity index (χ3v) is 2.67. The molecule has 0 unspecified atom stereocenters. The van der Waals surface area contributed by atoms with E-state index in [1.165, 1.54) is 0 Å². The van der Waals surface area contributed by atoms with Crippen LogP contribution in [0.1, 0.15) is 5.56 Å². The topological polar surface area (TPSA) is 17.8 Å². The molecule has 0 aliphatic carbocycles. The van der Waals surface area contributed by atoms with Crippen LogP contribution < -0.4 is 0 Å². The molecule has 2 heteroatoms. The maximum absolute atomic E-state index is 4.36. The molecule has 3 aromatic rings. The lowest BCUT2D eigenvalue weighted by Gasteiger charge is -2.04. The van der Waals surface area contributed by atoms with Crippen molar-refractivity contribution in [3.8, 4) is 5.69 Å². The van der Waals surface area contributed by atoms with Crippen LogP contribution in [0.15, 0.2) is 54.9 Å². The Morgan fingerprint density at radius 2 is 1.69 bits per heavy atom. The first kappa shape index (κ1) is 9.16. The molecule has 1 heterocycles. The van der Waals surface area contributed by atoms with Crippen LogP contribution in [0, 0.1) is 6.92 Å². The van der Waals surface area contributed by atoms with Crippen molar-refractivity contribution >= 4 is 11.0 Å². The van der Waals surface area contributed by atoms with Gasteiger partial charge >= 0.3 is 0 Å². The molecule has 0 bridgehead atoms. The number of benzene rings is 2. The highest BCUT2D eigenvalue weighted by atomic mass is 15.0. The monoisotopic (exact) mass is 207 g/mol. The summed E-state index contributed by atoms with van der Waals surface area (Å²) in [5.41, 5.74) is 4.27. The largest absolute Gasteiger partial charge is 0.299 e. The summed E-state index contributed by atoms with van der Waals surface area (Å²) >= 11 is 0. The molecule has 0 spiro atoms.